The highest BCUT2D eigenvalue weighted by Crippen LogP contribution is 2.30. The molecule has 0 bridgehead atoms. The van der Waals surface area contributed by atoms with Gasteiger partial charge in [0.15, 0.2) is 11.5 Å². The van der Waals surface area contributed by atoms with Gasteiger partial charge in [-0.25, -0.2) is 4.79 Å². The van der Waals surface area contributed by atoms with Crippen molar-refractivity contribution in [3.63, 3.8) is 0 Å². The first-order valence-corrected chi connectivity index (χ1v) is 9.02. The van der Waals surface area contributed by atoms with Crippen LogP contribution >= 0.6 is 0 Å². The third kappa shape index (κ3) is 5.59. The number of esters is 1. The first kappa shape index (κ1) is 19.5. The summed E-state index contributed by atoms with van der Waals surface area (Å²) < 4.78 is 16.8. The number of aliphatic hydroxyl groups excluding tert-OH is 1. The lowest BCUT2D eigenvalue weighted by Crippen LogP contribution is -2.09. The van der Waals surface area contributed by atoms with Crippen molar-refractivity contribution >= 4 is 5.97 Å². The number of carbonyl (C=O) groups is 1. The first-order chi connectivity index (χ1) is 13.8. The number of hydrogen-bond acceptors (Lipinski definition) is 5. The van der Waals surface area contributed by atoms with Crippen LogP contribution in [-0.4, -0.2) is 24.3 Å². The zero-order chi connectivity index (χ0) is 19.6. The van der Waals surface area contributed by atoms with E-state index in [9.17, 15) is 4.79 Å². The molecule has 0 amide bonds. The molecule has 0 fully saturated rings. The third-order valence-corrected chi connectivity index (χ3v) is 3.98. The normalized spacial score (nSPS) is 10.3. The van der Waals surface area contributed by atoms with E-state index in [0.29, 0.717) is 30.3 Å². The van der Waals surface area contributed by atoms with Gasteiger partial charge in [-0.3, -0.25) is 0 Å². The summed E-state index contributed by atoms with van der Waals surface area (Å²) in [5.74, 6) is 0.477. The molecule has 0 aliphatic rings. The molecular formula is C23H22O5. The molecule has 0 saturated heterocycles. The predicted octanol–water partition coefficient (Wildman–Crippen LogP) is 3.99. The maximum absolute atomic E-state index is 12.1. The minimum Gasteiger partial charge on any atom is -0.485 e. The second-order valence-electron chi connectivity index (χ2n) is 6.07. The zero-order valence-corrected chi connectivity index (χ0v) is 15.4. The van der Waals surface area contributed by atoms with E-state index in [-0.39, 0.29) is 13.2 Å². The summed E-state index contributed by atoms with van der Waals surface area (Å²) in [6.45, 7) is 0.460. The summed E-state index contributed by atoms with van der Waals surface area (Å²) in [5, 5.41) is 8.83. The molecule has 0 heterocycles. The Morgan fingerprint density at radius 2 is 1.32 bits per heavy atom. The van der Waals surface area contributed by atoms with Crippen molar-refractivity contribution in [1.29, 1.82) is 0 Å². The van der Waals surface area contributed by atoms with Crippen molar-refractivity contribution in [3.05, 3.63) is 95.6 Å². The molecule has 0 aliphatic heterocycles. The summed E-state index contributed by atoms with van der Waals surface area (Å²) in [5.41, 5.74) is 2.37. The molecule has 0 saturated carbocycles. The van der Waals surface area contributed by atoms with Gasteiger partial charge in [0.25, 0.3) is 0 Å². The van der Waals surface area contributed by atoms with Crippen molar-refractivity contribution in [1.82, 2.24) is 0 Å². The number of aliphatic hydroxyl groups is 1. The number of hydrogen-bond donors (Lipinski definition) is 1. The molecule has 0 aromatic heterocycles. The minimum absolute atomic E-state index is 0.0503. The van der Waals surface area contributed by atoms with Crippen molar-refractivity contribution in [2.75, 3.05) is 13.2 Å². The van der Waals surface area contributed by atoms with Crippen LogP contribution in [0.25, 0.3) is 0 Å². The lowest BCUT2D eigenvalue weighted by atomic mass is 10.2. The molecule has 1 N–H and O–H groups in total. The van der Waals surface area contributed by atoms with Crippen molar-refractivity contribution in [2.45, 2.75) is 13.2 Å². The highest BCUT2D eigenvalue weighted by molar-refractivity contribution is 5.90. The van der Waals surface area contributed by atoms with Crippen LogP contribution in [0.2, 0.25) is 0 Å². The van der Waals surface area contributed by atoms with E-state index in [4.69, 9.17) is 19.3 Å². The largest absolute Gasteiger partial charge is 0.485 e. The van der Waals surface area contributed by atoms with Crippen LogP contribution in [0.3, 0.4) is 0 Å². The smallest absolute Gasteiger partial charge is 0.338 e. The number of rotatable bonds is 9. The van der Waals surface area contributed by atoms with Crippen molar-refractivity contribution in [3.8, 4) is 11.5 Å². The molecule has 5 nitrogen and oxygen atoms in total. The quantitative estimate of drug-likeness (QED) is 0.570. The standard InChI is InChI=1S/C23H22O5/c24-13-14-26-23(25)20-11-12-21(27-16-18-7-3-1-4-8-18)22(15-20)28-17-19-9-5-2-6-10-19/h1-12,15,24H,13-14,16-17H2. The van der Waals surface area contributed by atoms with Gasteiger partial charge in [0.1, 0.15) is 19.8 Å². The maximum Gasteiger partial charge on any atom is 0.338 e. The Morgan fingerprint density at radius 3 is 1.89 bits per heavy atom. The van der Waals surface area contributed by atoms with Gasteiger partial charge in [-0.1, -0.05) is 60.7 Å². The lowest BCUT2D eigenvalue weighted by molar-refractivity contribution is 0.0433. The zero-order valence-electron chi connectivity index (χ0n) is 15.4. The van der Waals surface area contributed by atoms with Crippen LogP contribution in [0.5, 0.6) is 11.5 Å². The Balaban J connectivity index is 1.77. The SMILES string of the molecule is O=C(OCCO)c1ccc(OCc2ccccc2)c(OCc2ccccc2)c1. The van der Waals surface area contributed by atoms with Crippen LogP contribution in [0.4, 0.5) is 0 Å². The summed E-state index contributed by atoms with van der Waals surface area (Å²) in [4.78, 5) is 12.1. The molecule has 3 rings (SSSR count). The van der Waals surface area contributed by atoms with Crippen molar-refractivity contribution in [2.24, 2.45) is 0 Å². The average molecular weight is 378 g/mol. The third-order valence-electron chi connectivity index (χ3n) is 3.98. The molecule has 0 radical (unpaired) electrons. The second-order valence-corrected chi connectivity index (χ2v) is 6.07. The van der Waals surface area contributed by atoms with E-state index in [1.165, 1.54) is 0 Å². The van der Waals surface area contributed by atoms with Gasteiger partial charge < -0.3 is 19.3 Å². The Morgan fingerprint density at radius 1 is 0.750 bits per heavy atom. The van der Waals surface area contributed by atoms with Crippen LogP contribution in [0.1, 0.15) is 21.5 Å². The van der Waals surface area contributed by atoms with E-state index in [2.05, 4.69) is 0 Å². The first-order valence-electron chi connectivity index (χ1n) is 9.02. The van der Waals surface area contributed by atoms with Crippen LogP contribution in [-0.2, 0) is 18.0 Å². The molecular weight excluding hydrogens is 356 g/mol. The Bertz CT molecular complexity index is 878. The molecule has 144 valence electrons. The Kier molecular flexibility index (Phi) is 7.04. The van der Waals surface area contributed by atoms with Crippen molar-refractivity contribution < 1.29 is 24.1 Å². The molecule has 3 aromatic carbocycles. The average Bonchev–Trinajstić information content (AvgIpc) is 2.76. The molecule has 0 spiro atoms. The predicted molar refractivity (Wildman–Crippen MR) is 105 cm³/mol. The van der Waals surface area contributed by atoms with Crippen LogP contribution in [0, 0.1) is 0 Å². The fourth-order valence-corrected chi connectivity index (χ4v) is 2.56. The van der Waals surface area contributed by atoms with Gasteiger partial charge in [-0.15, -0.1) is 0 Å². The summed E-state index contributed by atoms with van der Waals surface area (Å²) in [7, 11) is 0. The number of ether oxygens (including phenoxy) is 3. The Labute approximate surface area is 164 Å². The Hall–Kier alpha value is -3.31. The van der Waals surface area contributed by atoms with E-state index in [1.807, 2.05) is 60.7 Å². The molecule has 3 aromatic rings. The van der Waals surface area contributed by atoms with Gasteiger partial charge in [0.2, 0.25) is 0 Å². The molecule has 5 heteroatoms. The van der Waals surface area contributed by atoms with Gasteiger partial charge in [0.05, 0.1) is 12.2 Å². The van der Waals surface area contributed by atoms with Gasteiger partial charge in [0, 0.05) is 0 Å². The van der Waals surface area contributed by atoms with E-state index < -0.39 is 5.97 Å². The summed E-state index contributed by atoms with van der Waals surface area (Å²) in [6.07, 6.45) is 0. The second kappa shape index (κ2) is 10.1. The fraction of sp³-hybridized carbons (Fsp3) is 0.174. The van der Waals surface area contributed by atoms with Crippen LogP contribution in [0.15, 0.2) is 78.9 Å². The molecule has 28 heavy (non-hydrogen) atoms. The lowest BCUT2D eigenvalue weighted by Gasteiger charge is -2.14. The van der Waals surface area contributed by atoms with Gasteiger partial charge in [-0.05, 0) is 29.3 Å². The summed E-state index contributed by atoms with van der Waals surface area (Å²) in [6, 6.07) is 24.5. The van der Waals surface area contributed by atoms with E-state index in [0.717, 1.165) is 11.1 Å². The molecule has 0 aliphatic carbocycles. The monoisotopic (exact) mass is 378 g/mol. The summed E-state index contributed by atoms with van der Waals surface area (Å²) >= 11 is 0. The topological polar surface area (TPSA) is 65.0 Å². The van der Waals surface area contributed by atoms with Crippen LogP contribution < -0.4 is 9.47 Å². The van der Waals surface area contributed by atoms with Gasteiger partial charge in [-0.2, -0.15) is 0 Å². The highest BCUT2D eigenvalue weighted by atomic mass is 16.5. The highest BCUT2D eigenvalue weighted by Gasteiger charge is 2.13. The maximum atomic E-state index is 12.1. The van der Waals surface area contributed by atoms with E-state index >= 15 is 0 Å². The van der Waals surface area contributed by atoms with Gasteiger partial charge >= 0.3 is 5.97 Å². The number of carbonyl (C=O) groups excluding carboxylic acids is 1. The minimum atomic E-state index is -0.520. The molecule has 0 atom stereocenters. The fourth-order valence-electron chi connectivity index (χ4n) is 2.56. The van der Waals surface area contributed by atoms with E-state index in [1.54, 1.807) is 18.2 Å². The molecule has 0 unspecified atom stereocenters. The number of benzene rings is 3.